The van der Waals surface area contributed by atoms with Crippen molar-refractivity contribution in [3.63, 3.8) is 0 Å². The Morgan fingerprint density at radius 2 is 2.00 bits per heavy atom. The van der Waals surface area contributed by atoms with Crippen LogP contribution in [0.3, 0.4) is 0 Å². The van der Waals surface area contributed by atoms with Gasteiger partial charge in [-0.1, -0.05) is 0 Å². The van der Waals surface area contributed by atoms with Gasteiger partial charge in [-0.25, -0.2) is 0 Å². The Balaban J connectivity index is 1.90. The maximum absolute atomic E-state index is 11.3. The van der Waals surface area contributed by atoms with E-state index in [9.17, 15) is 4.79 Å². The van der Waals surface area contributed by atoms with Gasteiger partial charge in [-0.2, -0.15) is 5.10 Å². The number of esters is 1. The first-order valence-corrected chi connectivity index (χ1v) is 7.06. The zero-order chi connectivity index (χ0) is 15.1. The van der Waals surface area contributed by atoms with Gasteiger partial charge in [0.15, 0.2) is 0 Å². The van der Waals surface area contributed by atoms with Crippen molar-refractivity contribution in [3.8, 4) is 17.0 Å². The molecule has 0 aliphatic rings. The third-order valence-electron chi connectivity index (χ3n) is 3.10. The average molecular weight is 288 g/mol. The highest BCUT2D eigenvalue weighted by atomic mass is 16.5. The fraction of sp³-hybridized carbons (Fsp3) is 0.375. The smallest absolute Gasteiger partial charge is 0.305 e. The van der Waals surface area contributed by atoms with Gasteiger partial charge in [-0.05, 0) is 43.7 Å². The van der Waals surface area contributed by atoms with E-state index in [1.54, 1.807) is 7.11 Å². The number of carbonyl (C=O) groups excluding carboxylic acids is 1. The van der Waals surface area contributed by atoms with Crippen LogP contribution in [0.25, 0.3) is 11.3 Å². The van der Waals surface area contributed by atoms with Crippen LogP contribution in [0, 0.1) is 0 Å². The van der Waals surface area contributed by atoms with Gasteiger partial charge in [0, 0.05) is 24.7 Å². The minimum absolute atomic E-state index is 0.153. The van der Waals surface area contributed by atoms with Gasteiger partial charge < -0.3 is 9.47 Å². The molecule has 0 amide bonds. The maximum Gasteiger partial charge on any atom is 0.305 e. The summed E-state index contributed by atoms with van der Waals surface area (Å²) in [5.41, 5.74) is 1.95. The number of methoxy groups -OCH3 is 1. The second kappa shape index (κ2) is 7.47. The predicted molar refractivity (Wildman–Crippen MR) is 80.1 cm³/mol. The third-order valence-corrected chi connectivity index (χ3v) is 3.10. The van der Waals surface area contributed by atoms with Gasteiger partial charge in [-0.15, -0.1) is 0 Å². The Morgan fingerprint density at radius 3 is 2.67 bits per heavy atom. The molecule has 0 atom stereocenters. The third kappa shape index (κ3) is 4.34. The summed E-state index contributed by atoms with van der Waals surface area (Å²) < 4.78 is 11.9. The van der Waals surface area contributed by atoms with Crippen LogP contribution in [0.2, 0.25) is 0 Å². The van der Waals surface area contributed by atoms with E-state index in [2.05, 4.69) is 5.10 Å². The highest BCUT2D eigenvalue weighted by Gasteiger charge is 2.05. The second-order valence-electron chi connectivity index (χ2n) is 4.60. The molecule has 1 heterocycles. The van der Waals surface area contributed by atoms with Gasteiger partial charge in [-0.3, -0.25) is 9.48 Å². The fourth-order valence-electron chi connectivity index (χ4n) is 2.02. The quantitative estimate of drug-likeness (QED) is 0.735. The van der Waals surface area contributed by atoms with Gasteiger partial charge in [0.05, 0.1) is 19.4 Å². The van der Waals surface area contributed by atoms with Crippen LogP contribution in [-0.2, 0) is 16.1 Å². The zero-order valence-corrected chi connectivity index (χ0v) is 12.4. The molecule has 0 bridgehead atoms. The van der Waals surface area contributed by atoms with Crippen LogP contribution in [0.5, 0.6) is 5.75 Å². The Morgan fingerprint density at radius 1 is 1.24 bits per heavy atom. The molecule has 0 N–H and O–H groups in total. The molecule has 0 saturated heterocycles. The number of ether oxygens (including phenoxy) is 2. The van der Waals surface area contributed by atoms with Gasteiger partial charge >= 0.3 is 5.97 Å². The number of benzene rings is 1. The molecule has 0 aliphatic carbocycles. The summed E-state index contributed by atoms with van der Waals surface area (Å²) in [6.07, 6.45) is 3.07. The van der Waals surface area contributed by atoms with E-state index in [0.29, 0.717) is 19.6 Å². The molecule has 1 aromatic heterocycles. The number of nitrogens with zero attached hydrogens (tertiary/aromatic N) is 2. The SMILES string of the molecule is CCOC(=O)CCCn1ccc(-c2ccc(OC)cc2)n1. The molecular weight excluding hydrogens is 268 g/mol. The Hall–Kier alpha value is -2.30. The molecule has 2 rings (SSSR count). The lowest BCUT2D eigenvalue weighted by atomic mass is 10.1. The topological polar surface area (TPSA) is 53.4 Å². The Bertz CT molecular complexity index is 575. The first kappa shape index (κ1) is 15.1. The zero-order valence-electron chi connectivity index (χ0n) is 12.4. The Labute approximate surface area is 124 Å². The standard InChI is InChI=1S/C16H20N2O3/c1-3-21-16(19)5-4-11-18-12-10-15(17-18)13-6-8-14(20-2)9-7-13/h6-10,12H,3-5,11H2,1-2H3. The van der Waals surface area contributed by atoms with E-state index in [1.165, 1.54) is 0 Å². The molecule has 0 fully saturated rings. The van der Waals surface area contributed by atoms with Crippen LogP contribution in [0.15, 0.2) is 36.5 Å². The van der Waals surface area contributed by atoms with Crippen LogP contribution >= 0.6 is 0 Å². The summed E-state index contributed by atoms with van der Waals surface area (Å²) in [6, 6.07) is 9.74. The molecule has 21 heavy (non-hydrogen) atoms. The number of carbonyl (C=O) groups is 1. The first-order valence-electron chi connectivity index (χ1n) is 7.06. The normalized spacial score (nSPS) is 10.4. The average Bonchev–Trinajstić information content (AvgIpc) is 2.96. The predicted octanol–water partition coefficient (Wildman–Crippen LogP) is 2.90. The van der Waals surface area contributed by atoms with Crippen molar-refractivity contribution < 1.29 is 14.3 Å². The van der Waals surface area contributed by atoms with Crippen molar-refractivity contribution in [1.29, 1.82) is 0 Å². The van der Waals surface area contributed by atoms with E-state index >= 15 is 0 Å². The lowest BCUT2D eigenvalue weighted by Crippen LogP contribution is -2.06. The summed E-state index contributed by atoms with van der Waals surface area (Å²) in [7, 11) is 1.65. The van der Waals surface area contributed by atoms with Crippen molar-refractivity contribution in [3.05, 3.63) is 36.5 Å². The van der Waals surface area contributed by atoms with E-state index in [0.717, 1.165) is 23.4 Å². The molecule has 0 saturated carbocycles. The number of aromatic nitrogens is 2. The summed E-state index contributed by atoms with van der Waals surface area (Å²) in [5, 5.41) is 4.50. The number of rotatable bonds is 7. The van der Waals surface area contributed by atoms with E-state index in [4.69, 9.17) is 9.47 Å². The monoisotopic (exact) mass is 288 g/mol. The molecule has 0 aliphatic heterocycles. The van der Waals surface area contributed by atoms with Crippen molar-refractivity contribution >= 4 is 5.97 Å². The van der Waals surface area contributed by atoms with Crippen LogP contribution in [0.1, 0.15) is 19.8 Å². The van der Waals surface area contributed by atoms with Gasteiger partial charge in [0.25, 0.3) is 0 Å². The minimum atomic E-state index is -0.153. The van der Waals surface area contributed by atoms with E-state index < -0.39 is 0 Å². The molecule has 0 radical (unpaired) electrons. The van der Waals surface area contributed by atoms with E-state index in [1.807, 2.05) is 48.1 Å². The van der Waals surface area contributed by atoms with Gasteiger partial charge in [0.2, 0.25) is 0 Å². The van der Waals surface area contributed by atoms with Crippen molar-refractivity contribution in [2.45, 2.75) is 26.3 Å². The molecule has 5 nitrogen and oxygen atoms in total. The van der Waals surface area contributed by atoms with Crippen LogP contribution in [-0.4, -0.2) is 29.5 Å². The molecule has 112 valence electrons. The summed E-state index contributed by atoms with van der Waals surface area (Å²) in [5.74, 6) is 0.674. The van der Waals surface area contributed by atoms with Crippen molar-refractivity contribution in [1.82, 2.24) is 9.78 Å². The summed E-state index contributed by atoms with van der Waals surface area (Å²) in [4.78, 5) is 11.3. The first-order chi connectivity index (χ1) is 10.2. The fourth-order valence-corrected chi connectivity index (χ4v) is 2.02. The molecular formula is C16H20N2O3. The number of hydrogen-bond acceptors (Lipinski definition) is 4. The highest BCUT2D eigenvalue weighted by molar-refractivity contribution is 5.69. The number of aryl methyl sites for hydroxylation is 1. The summed E-state index contributed by atoms with van der Waals surface area (Å²) in [6.45, 7) is 2.95. The second-order valence-corrected chi connectivity index (χ2v) is 4.60. The lowest BCUT2D eigenvalue weighted by molar-refractivity contribution is -0.143. The van der Waals surface area contributed by atoms with Crippen LogP contribution in [0.4, 0.5) is 0 Å². The molecule has 1 aromatic carbocycles. The Kier molecular flexibility index (Phi) is 5.37. The maximum atomic E-state index is 11.3. The minimum Gasteiger partial charge on any atom is -0.497 e. The van der Waals surface area contributed by atoms with Crippen LogP contribution < -0.4 is 4.74 Å². The molecule has 2 aromatic rings. The molecule has 0 spiro atoms. The van der Waals surface area contributed by atoms with Crippen molar-refractivity contribution in [2.75, 3.05) is 13.7 Å². The van der Waals surface area contributed by atoms with E-state index in [-0.39, 0.29) is 5.97 Å². The van der Waals surface area contributed by atoms with Crippen molar-refractivity contribution in [2.24, 2.45) is 0 Å². The largest absolute Gasteiger partial charge is 0.497 e. The highest BCUT2D eigenvalue weighted by Crippen LogP contribution is 2.20. The summed E-state index contributed by atoms with van der Waals surface area (Å²) >= 11 is 0. The van der Waals surface area contributed by atoms with Gasteiger partial charge in [0.1, 0.15) is 5.75 Å². The molecule has 5 heteroatoms. The number of hydrogen-bond donors (Lipinski definition) is 0. The molecule has 0 unspecified atom stereocenters. The lowest BCUT2D eigenvalue weighted by Gasteiger charge is -2.03.